The summed E-state index contributed by atoms with van der Waals surface area (Å²) in [5.74, 6) is 0.776. The number of piperidine rings is 1. The Morgan fingerprint density at radius 1 is 0.864 bits per heavy atom. The summed E-state index contributed by atoms with van der Waals surface area (Å²) in [5, 5.41) is 3.35. The van der Waals surface area contributed by atoms with E-state index in [2.05, 4.69) is 44.5 Å². The molecule has 5 heteroatoms. The Bertz CT molecular complexity index is 756. The van der Waals surface area contributed by atoms with E-state index >= 15 is 0 Å². The average molecular weight is 293 g/mol. The molecule has 22 heavy (non-hydrogen) atoms. The highest BCUT2D eigenvalue weighted by atomic mass is 15.1. The summed E-state index contributed by atoms with van der Waals surface area (Å²) in [6.45, 7) is 2.34. The number of nitrogens with one attached hydrogen (secondary N) is 1. The standard InChI is InChI=1S/C17H19N5/c1-2-10-21(11-3-1)15-6-4-14(5-7-15)20-16-17-19-9-13-22(17)12-8-18-16/h4-9,12-13H,1-3,10-11H2,(H,18,20). The Morgan fingerprint density at radius 2 is 1.59 bits per heavy atom. The Balaban J connectivity index is 1.54. The van der Waals surface area contributed by atoms with E-state index in [4.69, 9.17) is 0 Å². The molecule has 0 atom stereocenters. The quantitative estimate of drug-likeness (QED) is 0.803. The van der Waals surface area contributed by atoms with Crippen molar-refractivity contribution in [2.24, 2.45) is 0 Å². The normalized spacial score (nSPS) is 15.2. The molecule has 1 aliphatic rings. The van der Waals surface area contributed by atoms with Crippen molar-refractivity contribution in [1.29, 1.82) is 0 Å². The van der Waals surface area contributed by atoms with E-state index < -0.39 is 0 Å². The van der Waals surface area contributed by atoms with E-state index in [0.29, 0.717) is 0 Å². The topological polar surface area (TPSA) is 45.5 Å². The van der Waals surface area contributed by atoms with Crippen LogP contribution in [0.1, 0.15) is 19.3 Å². The van der Waals surface area contributed by atoms with Crippen molar-refractivity contribution in [2.45, 2.75) is 19.3 Å². The summed E-state index contributed by atoms with van der Waals surface area (Å²) in [7, 11) is 0. The van der Waals surface area contributed by atoms with Gasteiger partial charge in [0.15, 0.2) is 11.5 Å². The van der Waals surface area contributed by atoms with Gasteiger partial charge in [0, 0.05) is 49.3 Å². The number of anilines is 3. The van der Waals surface area contributed by atoms with Gasteiger partial charge in [-0.05, 0) is 43.5 Å². The van der Waals surface area contributed by atoms with Crippen molar-refractivity contribution in [1.82, 2.24) is 14.4 Å². The number of aromatic nitrogens is 3. The smallest absolute Gasteiger partial charge is 0.180 e. The van der Waals surface area contributed by atoms with Gasteiger partial charge in [0.1, 0.15) is 0 Å². The molecule has 1 N–H and O–H groups in total. The molecule has 0 unspecified atom stereocenters. The Morgan fingerprint density at radius 3 is 2.36 bits per heavy atom. The van der Waals surface area contributed by atoms with E-state index in [9.17, 15) is 0 Å². The summed E-state index contributed by atoms with van der Waals surface area (Å²) in [4.78, 5) is 11.2. The molecule has 4 rings (SSSR count). The number of rotatable bonds is 3. The summed E-state index contributed by atoms with van der Waals surface area (Å²) in [6.07, 6.45) is 11.3. The lowest BCUT2D eigenvalue weighted by Gasteiger charge is -2.28. The fourth-order valence-electron chi connectivity index (χ4n) is 2.99. The molecule has 3 heterocycles. The minimum Gasteiger partial charge on any atom is -0.372 e. The Hall–Kier alpha value is -2.56. The van der Waals surface area contributed by atoms with Crippen LogP contribution in [0.4, 0.5) is 17.2 Å². The molecule has 0 bridgehead atoms. The van der Waals surface area contributed by atoms with Gasteiger partial charge in [-0.15, -0.1) is 0 Å². The molecule has 3 aromatic rings. The molecule has 5 nitrogen and oxygen atoms in total. The second kappa shape index (κ2) is 5.67. The zero-order valence-electron chi connectivity index (χ0n) is 12.4. The number of benzene rings is 1. The average Bonchev–Trinajstić information content (AvgIpc) is 3.06. The maximum atomic E-state index is 4.38. The minimum absolute atomic E-state index is 0.776. The first-order valence-electron chi connectivity index (χ1n) is 7.80. The molecule has 112 valence electrons. The highest BCUT2D eigenvalue weighted by Crippen LogP contribution is 2.24. The van der Waals surface area contributed by atoms with E-state index in [0.717, 1.165) is 17.2 Å². The van der Waals surface area contributed by atoms with Crippen LogP contribution in [-0.2, 0) is 0 Å². The highest BCUT2D eigenvalue weighted by Gasteiger charge is 2.11. The van der Waals surface area contributed by atoms with Gasteiger partial charge >= 0.3 is 0 Å². The summed E-state index contributed by atoms with van der Waals surface area (Å²) < 4.78 is 1.96. The summed E-state index contributed by atoms with van der Waals surface area (Å²) >= 11 is 0. The van der Waals surface area contributed by atoms with Gasteiger partial charge in [-0.3, -0.25) is 0 Å². The molecule has 0 amide bonds. The molecule has 0 aliphatic carbocycles. The van der Waals surface area contributed by atoms with Gasteiger partial charge in [0.25, 0.3) is 0 Å². The monoisotopic (exact) mass is 293 g/mol. The third-order valence-electron chi connectivity index (χ3n) is 4.16. The van der Waals surface area contributed by atoms with Gasteiger partial charge in [-0.1, -0.05) is 0 Å². The number of nitrogens with zero attached hydrogens (tertiary/aromatic N) is 4. The maximum absolute atomic E-state index is 4.38. The van der Waals surface area contributed by atoms with Crippen molar-refractivity contribution in [3.05, 3.63) is 49.1 Å². The molecule has 0 spiro atoms. The Kier molecular flexibility index (Phi) is 3.39. The fourth-order valence-corrected chi connectivity index (χ4v) is 2.99. The second-order valence-corrected chi connectivity index (χ2v) is 5.65. The van der Waals surface area contributed by atoms with Crippen LogP contribution in [0.5, 0.6) is 0 Å². The van der Waals surface area contributed by atoms with Gasteiger partial charge in [-0.2, -0.15) is 0 Å². The molecule has 1 aromatic carbocycles. The molecule has 1 fully saturated rings. The predicted octanol–water partition coefficient (Wildman–Crippen LogP) is 3.46. The molecular formula is C17H19N5. The van der Waals surface area contributed by atoms with Gasteiger partial charge in [0.2, 0.25) is 0 Å². The first kappa shape index (κ1) is 13.1. The third kappa shape index (κ3) is 2.50. The zero-order chi connectivity index (χ0) is 14.8. The molecule has 0 saturated carbocycles. The maximum Gasteiger partial charge on any atom is 0.180 e. The Labute approximate surface area is 129 Å². The fraction of sp³-hybridized carbons (Fsp3) is 0.294. The van der Waals surface area contributed by atoms with E-state index in [1.807, 2.05) is 16.8 Å². The third-order valence-corrected chi connectivity index (χ3v) is 4.16. The summed E-state index contributed by atoms with van der Waals surface area (Å²) in [5.41, 5.74) is 3.17. The van der Waals surface area contributed by atoms with E-state index in [1.165, 1.54) is 38.0 Å². The van der Waals surface area contributed by atoms with Crippen molar-refractivity contribution in [3.8, 4) is 0 Å². The number of hydrogen-bond acceptors (Lipinski definition) is 4. The number of hydrogen-bond donors (Lipinski definition) is 1. The highest BCUT2D eigenvalue weighted by molar-refractivity contribution is 5.70. The van der Waals surface area contributed by atoms with Crippen LogP contribution in [0.2, 0.25) is 0 Å². The lowest BCUT2D eigenvalue weighted by Crippen LogP contribution is -2.29. The zero-order valence-corrected chi connectivity index (χ0v) is 12.4. The second-order valence-electron chi connectivity index (χ2n) is 5.65. The summed E-state index contributed by atoms with van der Waals surface area (Å²) in [6, 6.07) is 8.58. The molecule has 1 aliphatic heterocycles. The number of imidazole rings is 1. The lowest BCUT2D eigenvalue weighted by molar-refractivity contribution is 0.578. The lowest BCUT2D eigenvalue weighted by atomic mass is 10.1. The molecular weight excluding hydrogens is 274 g/mol. The van der Waals surface area contributed by atoms with Crippen LogP contribution in [0.15, 0.2) is 49.1 Å². The van der Waals surface area contributed by atoms with Crippen LogP contribution in [0.25, 0.3) is 5.65 Å². The van der Waals surface area contributed by atoms with Crippen LogP contribution in [-0.4, -0.2) is 27.5 Å². The van der Waals surface area contributed by atoms with Crippen molar-refractivity contribution in [3.63, 3.8) is 0 Å². The largest absolute Gasteiger partial charge is 0.372 e. The van der Waals surface area contributed by atoms with Crippen LogP contribution in [0.3, 0.4) is 0 Å². The van der Waals surface area contributed by atoms with Gasteiger partial charge in [-0.25, -0.2) is 9.97 Å². The first-order chi connectivity index (χ1) is 10.9. The predicted molar refractivity (Wildman–Crippen MR) is 88.8 cm³/mol. The number of fused-ring (bicyclic) bond motifs is 1. The van der Waals surface area contributed by atoms with Crippen LogP contribution < -0.4 is 10.2 Å². The van der Waals surface area contributed by atoms with E-state index in [-0.39, 0.29) is 0 Å². The molecule has 2 aromatic heterocycles. The SMILES string of the molecule is c1cn2ccnc2c(Nc2ccc(N3CCCCC3)cc2)n1. The molecule has 0 radical (unpaired) electrons. The van der Waals surface area contributed by atoms with Crippen molar-refractivity contribution >= 4 is 22.8 Å². The van der Waals surface area contributed by atoms with Crippen molar-refractivity contribution in [2.75, 3.05) is 23.3 Å². The minimum atomic E-state index is 0.776. The van der Waals surface area contributed by atoms with Crippen molar-refractivity contribution < 1.29 is 0 Å². The van der Waals surface area contributed by atoms with Crippen LogP contribution >= 0.6 is 0 Å². The van der Waals surface area contributed by atoms with Gasteiger partial charge < -0.3 is 14.6 Å². The van der Waals surface area contributed by atoms with Gasteiger partial charge in [0.05, 0.1) is 0 Å². The molecule has 1 saturated heterocycles. The van der Waals surface area contributed by atoms with Crippen LogP contribution in [0, 0.1) is 0 Å². The van der Waals surface area contributed by atoms with E-state index in [1.54, 1.807) is 12.4 Å². The first-order valence-corrected chi connectivity index (χ1v) is 7.80.